The van der Waals surface area contributed by atoms with Crippen LogP contribution in [-0.4, -0.2) is 38.5 Å². The van der Waals surface area contributed by atoms with Crippen LogP contribution >= 0.6 is 11.3 Å². The van der Waals surface area contributed by atoms with Crippen LogP contribution in [0, 0.1) is 20.8 Å². The Morgan fingerprint density at radius 2 is 2.04 bits per heavy atom. The zero-order chi connectivity index (χ0) is 17.8. The fraction of sp³-hybridized carbons (Fsp3) is 0.294. The Hall–Kier alpha value is -2.74. The molecule has 0 saturated heterocycles. The lowest BCUT2D eigenvalue weighted by molar-refractivity contribution is 0.0959. The van der Waals surface area contributed by atoms with Crippen molar-refractivity contribution in [2.45, 2.75) is 20.8 Å². The predicted octanol–water partition coefficient (Wildman–Crippen LogP) is 2.49. The number of carbonyl (C=O) groups is 1. The lowest BCUT2D eigenvalue weighted by atomic mass is 10.3. The molecule has 0 fully saturated rings. The van der Waals surface area contributed by atoms with Crippen molar-refractivity contribution in [1.29, 1.82) is 0 Å². The minimum Gasteiger partial charge on any atom is -0.368 e. The molecule has 8 heteroatoms. The van der Waals surface area contributed by atoms with Crippen LogP contribution in [0.3, 0.4) is 0 Å². The summed E-state index contributed by atoms with van der Waals surface area (Å²) < 4.78 is 1.90. The van der Waals surface area contributed by atoms with Gasteiger partial charge in [0.15, 0.2) is 0 Å². The molecule has 0 radical (unpaired) electrons. The van der Waals surface area contributed by atoms with Crippen molar-refractivity contribution in [2.24, 2.45) is 0 Å². The number of nitrogens with zero attached hydrogens (tertiary/aromatic N) is 4. The highest BCUT2D eigenvalue weighted by Gasteiger charge is 2.08. The molecular formula is C17H20N6OS. The first-order valence-electron chi connectivity index (χ1n) is 7.96. The fourth-order valence-electron chi connectivity index (χ4n) is 2.39. The summed E-state index contributed by atoms with van der Waals surface area (Å²) in [5, 5.41) is 8.09. The maximum atomic E-state index is 12.0. The maximum absolute atomic E-state index is 12.0. The lowest BCUT2D eigenvalue weighted by Gasteiger charge is -2.10. The van der Waals surface area contributed by atoms with Gasteiger partial charge in [-0.25, -0.2) is 15.0 Å². The SMILES string of the molecule is Cc1csc(C(=O)NCCNc2cc(-n3ccnc3C)nc(C)n2)c1. The van der Waals surface area contributed by atoms with Crippen molar-refractivity contribution >= 4 is 23.1 Å². The first-order chi connectivity index (χ1) is 12.0. The molecule has 1 amide bonds. The van der Waals surface area contributed by atoms with Gasteiger partial charge in [-0.3, -0.25) is 9.36 Å². The van der Waals surface area contributed by atoms with Crippen LogP contribution < -0.4 is 10.6 Å². The molecule has 0 aliphatic carbocycles. The number of nitrogens with one attached hydrogen (secondary N) is 2. The fourth-order valence-corrected chi connectivity index (χ4v) is 3.20. The minimum atomic E-state index is -0.0477. The standard InChI is InChI=1S/C17H20N6OS/c1-11-8-14(25-10-11)17(24)20-5-4-19-15-9-16(22-12(2)21-15)23-7-6-18-13(23)3/h6-10H,4-5H2,1-3H3,(H,20,24)(H,19,21,22). The van der Waals surface area contributed by atoms with E-state index in [1.165, 1.54) is 11.3 Å². The van der Waals surface area contributed by atoms with E-state index in [0.717, 1.165) is 27.9 Å². The largest absolute Gasteiger partial charge is 0.368 e. The number of rotatable bonds is 6. The summed E-state index contributed by atoms with van der Waals surface area (Å²) in [6, 6.07) is 3.76. The Balaban J connectivity index is 1.57. The summed E-state index contributed by atoms with van der Waals surface area (Å²) in [6.07, 6.45) is 3.60. The average molecular weight is 356 g/mol. The zero-order valence-corrected chi connectivity index (χ0v) is 15.2. The number of thiophene rings is 1. The third-order valence-corrected chi connectivity index (χ3v) is 4.61. The average Bonchev–Trinajstić information content (AvgIpc) is 3.19. The van der Waals surface area contributed by atoms with E-state index in [1.54, 1.807) is 6.20 Å². The first-order valence-corrected chi connectivity index (χ1v) is 8.84. The summed E-state index contributed by atoms with van der Waals surface area (Å²) >= 11 is 1.45. The van der Waals surface area contributed by atoms with Crippen molar-refractivity contribution in [3.05, 3.63) is 52.0 Å². The Morgan fingerprint density at radius 3 is 2.72 bits per heavy atom. The summed E-state index contributed by atoms with van der Waals surface area (Å²) in [5.74, 6) is 2.97. The van der Waals surface area contributed by atoms with E-state index in [-0.39, 0.29) is 5.91 Å². The third kappa shape index (κ3) is 4.21. The van der Waals surface area contributed by atoms with Crippen LogP contribution in [0.15, 0.2) is 29.9 Å². The Bertz CT molecular complexity index is 885. The molecule has 130 valence electrons. The van der Waals surface area contributed by atoms with Crippen LogP contribution in [-0.2, 0) is 0 Å². The normalized spacial score (nSPS) is 10.7. The highest BCUT2D eigenvalue weighted by Crippen LogP contribution is 2.14. The van der Waals surface area contributed by atoms with Gasteiger partial charge in [-0.1, -0.05) is 0 Å². The van der Waals surface area contributed by atoms with Gasteiger partial charge in [-0.2, -0.15) is 0 Å². The summed E-state index contributed by atoms with van der Waals surface area (Å²) in [6.45, 7) is 6.84. The monoisotopic (exact) mass is 356 g/mol. The highest BCUT2D eigenvalue weighted by atomic mass is 32.1. The van der Waals surface area contributed by atoms with Gasteiger partial charge in [-0.15, -0.1) is 11.3 Å². The Labute approximate surface area is 150 Å². The van der Waals surface area contributed by atoms with Crippen molar-refractivity contribution in [1.82, 2.24) is 24.8 Å². The van der Waals surface area contributed by atoms with Gasteiger partial charge < -0.3 is 10.6 Å². The molecule has 3 aromatic rings. The van der Waals surface area contributed by atoms with Crippen molar-refractivity contribution in [2.75, 3.05) is 18.4 Å². The molecule has 0 aromatic carbocycles. The summed E-state index contributed by atoms with van der Waals surface area (Å²) in [7, 11) is 0. The number of amides is 1. The molecule has 0 aliphatic rings. The third-order valence-electron chi connectivity index (χ3n) is 3.57. The van der Waals surface area contributed by atoms with Crippen molar-refractivity contribution in [3.63, 3.8) is 0 Å². The van der Waals surface area contributed by atoms with Crippen LogP contribution in [0.4, 0.5) is 5.82 Å². The number of hydrogen-bond acceptors (Lipinski definition) is 6. The molecule has 0 unspecified atom stereocenters. The molecule has 0 bridgehead atoms. The molecule has 3 heterocycles. The van der Waals surface area contributed by atoms with Gasteiger partial charge in [0.2, 0.25) is 0 Å². The van der Waals surface area contributed by atoms with E-state index in [0.29, 0.717) is 18.9 Å². The van der Waals surface area contributed by atoms with Crippen LogP contribution in [0.2, 0.25) is 0 Å². The molecule has 25 heavy (non-hydrogen) atoms. The van der Waals surface area contributed by atoms with E-state index in [9.17, 15) is 4.79 Å². The van der Waals surface area contributed by atoms with Gasteiger partial charge in [-0.05, 0) is 37.8 Å². The summed E-state index contributed by atoms with van der Waals surface area (Å²) in [5.41, 5.74) is 1.10. The molecule has 0 atom stereocenters. The van der Waals surface area contributed by atoms with Gasteiger partial charge in [0.25, 0.3) is 5.91 Å². The smallest absolute Gasteiger partial charge is 0.261 e. The number of imidazole rings is 1. The molecule has 0 aliphatic heterocycles. The molecule has 3 rings (SSSR count). The minimum absolute atomic E-state index is 0.0477. The molecule has 0 saturated carbocycles. The lowest BCUT2D eigenvalue weighted by Crippen LogP contribution is -2.28. The van der Waals surface area contributed by atoms with Crippen LogP contribution in [0.25, 0.3) is 5.82 Å². The van der Waals surface area contributed by atoms with Crippen LogP contribution in [0.1, 0.15) is 26.9 Å². The predicted molar refractivity (Wildman–Crippen MR) is 98.5 cm³/mol. The van der Waals surface area contributed by atoms with Crippen molar-refractivity contribution < 1.29 is 4.79 Å². The first kappa shape index (κ1) is 17.1. The quantitative estimate of drug-likeness (QED) is 0.663. The zero-order valence-electron chi connectivity index (χ0n) is 14.4. The van der Waals surface area contributed by atoms with Gasteiger partial charge in [0.05, 0.1) is 4.88 Å². The number of anilines is 1. The number of hydrogen-bond donors (Lipinski definition) is 2. The molecule has 3 aromatic heterocycles. The van der Waals surface area contributed by atoms with E-state index in [1.807, 2.05) is 49.0 Å². The Morgan fingerprint density at radius 1 is 1.20 bits per heavy atom. The molecule has 7 nitrogen and oxygen atoms in total. The molecular weight excluding hydrogens is 336 g/mol. The van der Waals surface area contributed by atoms with Crippen LogP contribution in [0.5, 0.6) is 0 Å². The van der Waals surface area contributed by atoms with Gasteiger partial charge in [0.1, 0.15) is 23.3 Å². The van der Waals surface area contributed by atoms with Crippen molar-refractivity contribution in [3.8, 4) is 5.82 Å². The Kier molecular flexibility index (Phi) is 5.08. The van der Waals surface area contributed by atoms with E-state index in [4.69, 9.17) is 0 Å². The number of aromatic nitrogens is 4. The summed E-state index contributed by atoms with van der Waals surface area (Å²) in [4.78, 5) is 25.8. The topological polar surface area (TPSA) is 84.7 Å². The van der Waals surface area contributed by atoms with E-state index in [2.05, 4.69) is 25.6 Å². The second-order valence-corrected chi connectivity index (χ2v) is 6.59. The highest BCUT2D eigenvalue weighted by molar-refractivity contribution is 7.12. The van der Waals surface area contributed by atoms with Gasteiger partial charge in [0, 0.05) is 31.5 Å². The maximum Gasteiger partial charge on any atom is 0.261 e. The van der Waals surface area contributed by atoms with Gasteiger partial charge >= 0.3 is 0 Å². The van der Waals surface area contributed by atoms with E-state index < -0.39 is 0 Å². The second kappa shape index (κ2) is 7.43. The molecule has 2 N–H and O–H groups in total. The second-order valence-electron chi connectivity index (χ2n) is 5.67. The number of carbonyl (C=O) groups excluding carboxylic acids is 1. The molecule has 0 spiro atoms. The van der Waals surface area contributed by atoms with E-state index >= 15 is 0 Å². The number of aryl methyl sites for hydroxylation is 3.